The molecule has 1 aromatic carbocycles. The van der Waals surface area contributed by atoms with E-state index in [4.69, 9.17) is 4.52 Å². The second kappa shape index (κ2) is 5.44. The number of anilines is 1. The quantitative estimate of drug-likeness (QED) is 0.913. The number of nitrogens with one attached hydrogen (secondary N) is 1. The molecule has 0 fully saturated rings. The molecule has 0 aliphatic heterocycles. The van der Waals surface area contributed by atoms with Crippen molar-refractivity contribution in [3.8, 4) is 0 Å². The summed E-state index contributed by atoms with van der Waals surface area (Å²) in [7, 11) is -3.44. The molecule has 102 valence electrons. The SMILES string of the molecule is Cc1cc(NS(=O)(=O)CC(C)c2ccccc2)no1. The summed E-state index contributed by atoms with van der Waals surface area (Å²) in [6.07, 6.45) is 0. The average molecular weight is 280 g/mol. The molecule has 0 saturated heterocycles. The second-order valence-electron chi connectivity index (χ2n) is 4.52. The lowest BCUT2D eigenvalue weighted by molar-refractivity contribution is 0.400. The minimum atomic E-state index is -3.44. The highest BCUT2D eigenvalue weighted by atomic mass is 32.2. The average Bonchev–Trinajstić information content (AvgIpc) is 2.74. The maximum absolute atomic E-state index is 12.0. The molecule has 2 rings (SSSR count). The zero-order valence-electron chi connectivity index (χ0n) is 10.8. The lowest BCUT2D eigenvalue weighted by Crippen LogP contribution is -2.20. The van der Waals surface area contributed by atoms with Crippen molar-refractivity contribution in [1.29, 1.82) is 0 Å². The highest BCUT2D eigenvalue weighted by molar-refractivity contribution is 7.92. The van der Waals surface area contributed by atoms with Gasteiger partial charge in [-0.1, -0.05) is 42.4 Å². The van der Waals surface area contributed by atoms with Crippen LogP contribution in [0.4, 0.5) is 5.82 Å². The standard InChI is InChI=1S/C13H16N2O3S/c1-10(12-6-4-3-5-7-12)9-19(16,17)15-13-8-11(2)18-14-13/h3-8,10H,9H2,1-2H3,(H,14,15). The van der Waals surface area contributed by atoms with Gasteiger partial charge in [-0.15, -0.1) is 0 Å². The van der Waals surface area contributed by atoms with Crippen molar-refractivity contribution >= 4 is 15.8 Å². The smallest absolute Gasteiger partial charge is 0.234 e. The van der Waals surface area contributed by atoms with Crippen molar-refractivity contribution in [3.63, 3.8) is 0 Å². The summed E-state index contributed by atoms with van der Waals surface area (Å²) in [5.74, 6) is 0.696. The van der Waals surface area contributed by atoms with E-state index in [-0.39, 0.29) is 17.5 Å². The van der Waals surface area contributed by atoms with Gasteiger partial charge in [-0.3, -0.25) is 4.72 Å². The third-order valence-corrected chi connectivity index (χ3v) is 4.19. The zero-order chi connectivity index (χ0) is 13.9. The normalized spacial score (nSPS) is 13.2. The summed E-state index contributed by atoms with van der Waals surface area (Å²) in [5.41, 5.74) is 0.990. The van der Waals surface area contributed by atoms with E-state index in [0.29, 0.717) is 5.76 Å². The molecule has 0 aliphatic carbocycles. The topological polar surface area (TPSA) is 72.2 Å². The number of aromatic nitrogens is 1. The van der Waals surface area contributed by atoms with Crippen LogP contribution in [0.5, 0.6) is 0 Å². The highest BCUT2D eigenvalue weighted by Gasteiger charge is 2.18. The van der Waals surface area contributed by atoms with Crippen molar-refractivity contribution in [3.05, 3.63) is 47.7 Å². The van der Waals surface area contributed by atoms with Gasteiger partial charge in [0.2, 0.25) is 10.0 Å². The third kappa shape index (κ3) is 3.82. The summed E-state index contributed by atoms with van der Waals surface area (Å²) in [6, 6.07) is 11.1. The Morgan fingerprint density at radius 1 is 1.32 bits per heavy atom. The van der Waals surface area contributed by atoms with Crippen LogP contribution in [0.2, 0.25) is 0 Å². The van der Waals surface area contributed by atoms with E-state index in [9.17, 15) is 8.42 Å². The van der Waals surface area contributed by atoms with Crippen LogP contribution < -0.4 is 4.72 Å². The van der Waals surface area contributed by atoms with E-state index in [1.54, 1.807) is 13.0 Å². The fourth-order valence-electron chi connectivity index (χ4n) is 1.82. The van der Waals surface area contributed by atoms with E-state index in [2.05, 4.69) is 9.88 Å². The summed E-state index contributed by atoms with van der Waals surface area (Å²) in [6.45, 7) is 3.58. The summed E-state index contributed by atoms with van der Waals surface area (Å²) in [4.78, 5) is 0. The number of hydrogen-bond acceptors (Lipinski definition) is 4. The van der Waals surface area contributed by atoms with Crippen LogP contribution in [0.15, 0.2) is 40.9 Å². The van der Waals surface area contributed by atoms with Crippen molar-refractivity contribution in [2.75, 3.05) is 10.5 Å². The molecule has 0 saturated carbocycles. The Labute approximate surface area is 112 Å². The monoisotopic (exact) mass is 280 g/mol. The first-order valence-corrected chi connectivity index (χ1v) is 7.60. The van der Waals surface area contributed by atoms with Crippen LogP contribution >= 0.6 is 0 Å². The Kier molecular flexibility index (Phi) is 3.90. The predicted molar refractivity (Wildman–Crippen MR) is 73.5 cm³/mol. The molecular weight excluding hydrogens is 264 g/mol. The van der Waals surface area contributed by atoms with Gasteiger partial charge < -0.3 is 4.52 Å². The number of aryl methyl sites for hydroxylation is 1. The fourth-order valence-corrected chi connectivity index (χ4v) is 3.17. The molecular formula is C13H16N2O3S. The molecule has 1 aromatic heterocycles. The van der Waals surface area contributed by atoms with Gasteiger partial charge in [0, 0.05) is 6.07 Å². The molecule has 0 aliphatic rings. The van der Waals surface area contributed by atoms with Gasteiger partial charge in [-0.25, -0.2) is 8.42 Å². The maximum Gasteiger partial charge on any atom is 0.234 e. The maximum atomic E-state index is 12.0. The Bertz CT molecular complexity index is 635. The minimum Gasteiger partial charge on any atom is -0.360 e. The predicted octanol–water partition coefficient (Wildman–Crippen LogP) is 2.53. The lowest BCUT2D eigenvalue weighted by atomic mass is 10.0. The second-order valence-corrected chi connectivity index (χ2v) is 6.28. The van der Waals surface area contributed by atoms with E-state index < -0.39 is 10.0 Å². The largest absolute Gasteiger partial charge is 0.360 e. The van der Waals surface area contributed by atoms with Crippen LogP contribution in [0.25, 0.3) is 0 Å². The molecule has 1 atom stereocenters. The molecule has 0 radical (unpaired) electrons. The number of nitrogens with zero attached hydrogens (tertiary/aromatic N) is 1. The molecule has 1 N–H and O–H groups in total. The summed E-state index contributed by atoms with van der Waals surface area (Å²) >= 11 is 0. The van der Waals surface area contributed by atoms with Gasteiger partial charge >= 0.3 is 0 Å². The molecule has 2 aromatic rings. The van der Waals surface area contributed by atoms with E-state index in [1.807, 2.05) is 37.3 Å². The molecule has 19 heavy (non-hydrogen) atoms. The first kappa shape index (κ1) is 13.6. The molecule has 6 heteroatoms. The molecule has 5 nitrogen and oxygen atoms in total. The lowest BCUT2D eigenvalue weighted by Gasteiger charge is -2.12. The van der Waals surface area contributed by atoms with E-state index >= 15 is 0 Å². The third-order valence-electron chi connectivity index (χ3n) is 2.73. The fraction of sp³-hybridized carbons (Fsp3) is 0.308. The Balaban J connectivity index is 2.05. The number of hydrogen-bond donors (Lipinski definition) is 1. The van der Waals surface area contributed by atoms with Gasteiger partial charge in [0.1, 0.15) is 5.76 Å². The molecule has 0 amide bonds. The molecule has 1 heterocycles. The van der Waals surface area contributed by atoms with Crippen LogP contribution in [0, 0.1) is 6.92 Å². The van der Waals surface area contributed by atoms with Crippen molar-refractivity contribution < 1.29 is 12.9 Å². The van der Waals surface area contributed by atoms with E-state index in [0.717, 1.165) is 5.56 Å². The zero-order valence-corrected chi connectivity index (χ0v) is 11.6. The van der Waals surface area contributed by atoms with Crippen LogP contribution in [-0.2, 0) is 10.0 Å². The minimum absolute atomic E-state index is 0.00290. The van der Waals surface area contributed by atoms with Gasteiger partial charge in [0.05, 0.1) is 5.75 Å². The number of sulfonamides is 1. The van der Waals surface area contributed by atoms with Crippen LogP contribution in [0.3, 0.4) is 0 Å². The van der Waals surface area contributed by atoms with E-state index in [1.165, 1.54) is 0 Å². The van der Waals surface area contributed by atoms with Gasteiger partial charge in [-0.2, -0.15) is 0 Å². The van der Waals surface area contributed by atoms with Gasteiger partial charge in [0.25, 0.3) is 0 Å². The van der Waals surface area contributed by atoms with Gasteiger partial charge in [-0.05, 0) is 18.4 Å². The van der Waals surface area contributed by atoms with Crippen LogP contribution in [-0.4, -0.2) is 19.3 Å². The van der Waals surface area contributed by atoms with Crippen LogP contribution in [0.1, 0.15) is 24.2 Å². The van der Waals surface area contributed by atoms with Crippen molar-refractivity contribution in [2.45, 2.75) is 19.8 Å². The van der Waals surface area contributed by atoms with Crippen molar-refractivity contribution in [1.82, 2.24) is 5.16 Å². The van der Waals surface area contributed by atoms with Crippen molar-refractivity contribution in [2.24, 2.45) is 0 Å². The Morgan fingerprint density at radius 2 is 2.00 bits per heavy atom. The Hall–Kier alpha value is -1.82. The Morgan fingerprint density at radius 3 is 2.58 bits per heavy atom. The molecule has 0 bridgehead atoms. The first-order chi connectivity index (χ1) is 8.96. The number of rotatable bonds is 5. The number of benzene rings is 1. The molecule has 1 unspecified atom stereocenters. The summed E-state index contributed by atoms with van der Waals surface area (Å²) < 4.78 is 31.2. The molecule has 0 spiro atoms. The highest BCUT2D eigenvalue weighted by Crippen LogP contribution is 2.18. The summed E-state index contributed by atoms with van der Waals surface area (Å²) in [5, 5.41) is 3.62. The first-order valence-electron chi connectivity index (χ1n) is 5.95. The van der Waals surface area contributed by atoms with Gasteiger partial charge in [0.15, 0.2) is 5.82 Å².